The van der Waals surface area contributed by atoms with Gasteiger partial charge in [0.1, 0.15) is 6.33 Å². The molecule has 7 aromatic rings. The Kier molecular flexibility index (Phi) is 6.23. The summed E-state index contributed by atoms with van der Waals surface area (Å²) in [6, 6.07) is 51.0. The number of fused-ring (bicyclic) bond motifs is 6. The smallest absolute Gasteiger partial charge is 0.116 e. The summed E-state index contributed by atoms with van der Waals surface area (Å²) in [5.74, 6) is 0. The predicted molar refractivity (Wildman–Crippen MR) is 199 cm³/mol. The molecule has 6 aromatic carbocycles. The molecule has 2 aliphatic rings. The lowest BCUT2D eigenvalue weighted by molar-refractivity contribution is 0.660. The van der Waals surface area contributed by atoms with Crippen LogP contribution in [0.2, 0.25) is 0 Å². The fourth-order valence-corrected chi connectivity index (χ4v) is 8.16. The zero-order valence-corrected chi connectivity index (χ0v) is 27.8. The molecule has 2 aliphatic carbocycles. The molecule has 230 valence electrons. The minimum absolute atomic E-state index is 0.0311. The topological polar surface area (TPSA) is 25.8 Å². The molecular weight excluding hydrogens is 581 g/mol. The zero-order chi connectivity index (χ0) is 32.6. The second kappa shape index (κ2) is 10.5. The van der Waals surface area contributed by atoms with E-state index in [2.05, 4.69) is 167 Å². The molecule has 0 spiro atoms. The molecule has 9 rings (SSSR count). The fraction of sp³-hybridized carbons (Fsp3) is 0.130. The van der Waals surface area contributed by atoms with Gasteiger partial charge in [-0.05, 0) is 97.1 Å². The third-order valence-corrected chi connectivity index (χ3v) is 10.8. The van der Waals surface area contributed by atoms with Gasteiger partial charge >= 0.3 is 0 Å². The van der Waals surface area contributed by atoms with Crippen LogP contribution < -0.4 is 0 Å². The van der Waals surface area contributed by atoms with Crippen LogP contribution >= 0.6 is 0 Å². The van der Waals surface area contributed by atoms with Crippen molar-refractivity contribution in [1.29, 1.82) is 0 Å². The molecule has 1 aromatic heterocycles. The largest absolute Gasteiger partial charge is 0.236 e. The van der Waals surface area contributed by atoms with E-state index in [1.807, 2.05) is 0 Å². The van der Waals surface area contributed by atoms with Gasteiger partial charge in [-0.3, -0.25) is 0 Å². The van der Waals surface area contributed by atoms with Crippen molar-refractivity contribution >= 4 is 0 Å². The van der Waals surface area contributed by atoms with E-state index in [0.29, 0.717) is 0 Å². The van der Waals surface area contributed by atoms with Crippen molar-refractivity contribution in [3.8, 4) is 67.0 Å². The van der Waals surface area contributed by atoms with Gasteiger partial charge in [0.2, 0.25) is 0 Å². The van der Waals surface area contributed by atoms with Crippen molar-refractivity contribution in [2.24, 2.45) is 0 Å². The number of hydrogen-bond donors (Lipinski definition) is 0. The molecule has 0 bridgehead atoms. The summed E-state index contributed by atoms with van der Waals surface area (Å²) in [7, 11) is 0. The molecule has 2 heteroatoms. The third-order valence-electron chi connectivity index (χ3n) is 10.8. The van der Waals surface area contributed by atoms with Gasteiger partial charge in [0.15, 0.2) is 0 Å². The van der Waals surface area contributed by atoms with Gasteiger partial charge in [0, 0.05) is 22.0 Å². The highest BCUT2D eigenvalue weighted by atomic mass is 14.8. The molecule has 0 amide bonds. The van der Waals surface area contributed by atoms with Gasteiger partial charge in [-0.1, -0.05) is 137 Å². The van der Waals surface area contributed by atoms with Gasteiger partial charge in [-0.25, -0.2) is 9.97 Å². The summed E-state index contributed by atoms with van der Waals surface area (Å²) in [5.41, 5.74) is 19.7. The normalized spacial score (nSPS) is 14.6. The minimum Gasteiger partial charge on any atom is -0.236 e. The minimum atomic E-state index is -0.0311. The van der Waals surface area contributed by atoms with Crippen LogP contribution in [0.25, 0.3) is 67.0 Å². The van der Waals surface area contributed by atoms with E-state index in [9.17, 15) is 0 Å². The number of hydrogen-bond acceptors (Lipinski definition) is 2. The van der Waals surface area contributed by atoms with E-state index in [0.717, 1.165) is 22.5 Å². The SMILES string of the molecule is CC1(C)c2ccccc2-c2ccc(-c3cccc(-c4cc(-c5cccc(-c6ccc7c(c6)C(C)(C)c6ccccc6-7)c5)ncn4)c3)cc21. The summed E-state index contributed by atoms with van der Waals surface area (Å²) in [6.45, 7) is 9.33. The molecule has 0 saturated carbocycles. The zero-order valence-electron chi connectivity index (χ0n) is 27.8. The van der Waals surface area contributed by atoms with Crippen LogP contribution in [0.3, 0.4) is 0 Å². The maximum Gasteiger partial charge on any atom is 0.116 e. The first-order chi connectivity index (χ1) is 23.3. The molecule has 0 radical (unpaired) electrons. The van der Waals surface area contributed by atoms with Crippen LogP contribution in [0.4, 0.5) is 0 Å². The predicted octanol–water partition coefficient (Wildman–Crippen LogP) is 11.8. The first-order valence-electron chi connectivity index (χ1n) is 16.8. The fourth-order valence-electron chi connectivity index (χ4n) is 8.16. The molecule has 0 N–H and O–H groups in total. The third kappa shape index (κ3) is 4.33. The molecule has 2 nitrogen and oxygen atoms in total. The van der Waals surface area contributed by atoms with Crippen LogP contribution in [0.15, 0.2) is 146 Å². The van der Waals surface area contributed by atoms with Crippen LogP contribution in [-0.4, -0.2) is 9.97 Å². The molecule has 0 fully saturated rings. The lowest BCUT2D eigenvalue weighted by Gasteiger charge is -2.22. The standard InChI is InChI=1S/C46H36N2/c1-45(2)39-17-7-5-15-35(39)37-21-19-31(25-41(37)45)29-11-9-13-33(23-29)43-27-44(48-28-47-43)34-14-10-12-30(24-34)32-20-22-38-36-16-6-8-18-40(36)46(3,4)42(38)26-32/h5-28H,1-4H3. The van der Waals surface area contributed by atoms with Gasteiger partial charge in [0.25, 0.3) is 0 Å². The lowest BCUT2D eigenvalue weighted by Crippen LogP contribution is -2.14. The molecule has 0 unspecified atom stereocenters. The molecule has 48 heavy (non-hydrogen) atoms. The quantitative estimate of drug-likeness (QED) is 0.197. The molecule has 0 saturated heterocycles. The Labute approximate surface area is 282 Å². The Hall–Kier alpha value is -5.60. The van der Waals surface area contributed by atoms with E-state index >= 15 is 0 Å². The number of nitrogens with zero attached hydrogens (tertiary/aromatic N) is 2. The molecular formula is C46H36N2. The first-order valence-corrected chi connectivity index (χ1v) is 16.8. The van der Waals surface area contributed by atoms with Crippen molar-refractivity contribution < 1.29 is 0 Å². The molecule has 0 atom stereocenters. The molecule has 1 heterocycles. The monoisotopic (exact) mass is 616 g/mol. The summed E-state index contributed by atoms with van der Waals surface area (Å²) >= 11 is 0. The molecule has 0 aliphatic heterocycles. The maximum absolute atomic E-state index is 4.72. The number of rotatable bonds is 4. The summed E-state index contributed by atoms with van der Waals surface area (Å²) in [6.07, 6.45) is 1.69. The second-order valence-corrected chi connectivity index (χ2v) is 14.3. The summed E-state index contributed by atoms with van der Waals surface area (Å²) in [5, 5.41) is 0. The van der Waals surface area contributed by atoms with Crippen molar-refractivity contribution in [2.45, 2.75) is 38.5 Å². The van der Waals surface area contributed by atoms with Crippen molar-refractivity contribution in [2.75, 3.05) is 0 Å². The Bertz CT molecular complexity index is 2250. The van der Waals surface area contributed by atoms with Crippen LogP contribution in [0.1, 0.15) is 49.9 Å². The lowest BCUT2D eigenvalue weighted by atomic mass is 9.81. The van der Waals surface area contributed by atoms with E-state index in [1.165, 1.54) is 66.8 Å². The van der Waals surface area contributed by atoms with Crippen molar-refractivity contribution in [3.63, 3.8) is 0 Å². The summed E-state index contributed by atoms with van der Waals surface area (Å²) < 4.78 is 0. The van der Waals surface area contributed by atoms with E-state index in [-0.39, 0.29) is 10.8 Å². The Morgan fingerprint density at radius 2 is 0.729 bits per heavy atom. The van der Waals surface area contributed by atoms with Gasteiger partial charge in [0.05, 0.1) is 11.4 Å². The Balaban J connectivity index is 1.04. The Morgan fingerprint density at radius 1 is 0.333 bits per heavy atom. The van der Waals surface area contributed by atoms with Crippen molar-refractivity contribution in [1.82, 2.24) is 9.97 Å². The number of aromatic nitrogens is 2. The maximum atomic E-state index is 4.72. The highest BCUT2D eigenvalue weighted by Gasteiger charge is 2.36. The highest BCUT2D eigenvalue weighted by molar-refractivity contribution is 5.86. The van der Waals surface area contributed by atoms with Crippen molar-refractivity contribution in [3.05, 3.63) is 168 Å². The van der Waals surface area contributed by atoms with E-state index in [4.69, 9.17) is 9.97 Å². The van der Waals surface area contributed by atoms with Gasteiger partial charge in [-0.15, -0.1) is 0 Å². The van der Waals surface area contributed by atoms with Crippen LogP contribution in [0.5, 0.6) is 0 Å². The number of benzene rings is 6. The van der Waals surface area contributed by atoms with Gasteiger partial charge in [-0.2, -0.15) is 0 Å². The van der Waals surface area contributed by atoms with Gasteiger partial charge < -0.3 is 0 Å². The highest BCUT2D eigenvalue weighted by Crippen LogP contribution is 2.51. The summed E-state index contributed by atoms with van der Waals surface area (Å²) in [4.78, 5) is 9.44. The van der Waals surface area contributed by atoms with Crippen LogP contribution in [0, 0.1) is 0 Å². The second-order valence-electron chi connectivity index (χ2n) is 14.3. The van der Waals surface area contributed by atoms with E-state index < -0.39 is 0 Å². The Morgan fingerprint density at radius 3 is 1.21 bits per heavy atom. The average Bonchev–Trinajstić information content (AvgIpc) is 3.51. The van der Waals surface area contributed by atoms with E-state index in [1.54, 1.807) is 6.33 Å². The average molecular weight is 617 g/mol. The first kappa shape index (κ1) is 28.6. The van der Waals surface area contributed by atoms with Crippen LogP contribution in [-0.2, 0) is 10.8 Å².